The Morgan fingerprint density at radius 2 is 2.14 bits per heavy atom. The van der Waals surface area contributed by atoms with Crippen LogP contribution in [0.15, 0.2) is 24.3 Å². The molecule has 1 atom stereocenters. The summed E-state index contributed by atoms with van der Waals surface area (Å²) in [6.45, 7) is 2.91. The largest absolute Gasteiger partial charge is 0.493 e. The van der Waals surface area contributed by atoms with Gasteiger partial charge in [0.1, 0.15) is 0 Å². The third-order valence-corrected chi connectivity index (χ3v) is 3.70. The normalized spacial score (nSPS) is 17.2. The molecule has 2 rings (SSSR count). The van der Waals surface area contributed by atoms with Crippen LogP contribution in [0.2, 0.25) is 0 Å². The molecule has 6 heteroatoms. The topological polar surface area (TPSA) is 59.6 Å². The third-order valence-electron chi connectivity index (χ3n) is 3.70. The standard InChI is InChI=1S/C16H24N2O3.ClH/c1-20-14-6-2-3-7-15(14)21-12-16(19)18-10-8-13-5-4-9-17-11-13;/h2-3,6-7,13,17H,4-5,8-12H2,1H3,(H,18,19);1H. The van der Waals surface area contributed by atoms with E-state index >= 15 is 0 Å². The second-order valence-electron chi connectivity index (χ2n) is 5.29. The van der Waals surface area contributed by atoms with E-state index in [0.717, 1.165) is 19.5 Å². The second-order valence-corrected chi connectivity index (χ2v) is 5.29. The van der Waals surface area contributed by atoms with Gasteiger partial charge in [0.25, 0.3) is 5.91 Å². The Morgan fingerprint density at radius 1 is 1.36 bits per heavy atom. The first-order chi connectivity index (χ1) is 10.3. The minimum atomic E-state index is -0.0929. The average molecular weight is 329 g/mol. The molecular formula is C16H25ClN2O3. The van der Waals surface area contributed by atoms with E-state index in [9.17, 15) is 4.79 Å². The summed E-state index contributed by atoms with van der Waals surface area (Å²) in [7, 11) is 1.58. The summed E-state index contributed by atoms with van der Waals surface area (Å²) in [5.41, 5.74) is 0. The van der Waals surface area contributed by atoms with Gasteiger partial charge >= 0.3 is 0 Å². The van der Waals surface area contributed by atoms with Crippen molar-refractivity contribution < 1.29 is 14.3 Å². The van der Waals surface area contributed by atoms with Crippen LogP contribution in [0.4, 0.5) is 0 Å². The molecule has 5 nitrogen and oxygen atoms in total. The lowest BCUT2D eigenvalue weighted by molar-refractivity contribution is -0.123. The molecule has 0 aromatic heterocycles. The minimum Gasteiger partial charge on any atom is -0.493 e. The zero-order chi connectivity index (χ0) is 14.9. The van der Waals surface area contributed by atoms with Crippen LogP contribution in [-0.2, 0) is 4.79 Å². The lowest BCUT2D eigenvalue weighted by atomic mass is 9.96. The molecule has 1 aromatic rings. The number of nitrogens with one attached hydrogen (secondary N) is 2. The fourth-order valence-corrected chi connectivity index (χ4v) is 2.52. The number of carbonyl (C=O) groups is 1. The maximum absolute atomic E-state index is 11.8. The smallest absolute Gasteiger partial charge is 0.257 e. The highest BCUT2D eigenvalue weighted by Crippen LogP contribution is 2.25. The third kappa shape index (κ3) is 6.12. The van der Waals surface area contributed by atoms with Crippen LogP contribution >= 0.6 is 12.4 Å². The van der Waals surface area contributed by atoms with Crippen molar-refractivity contribution in [1.82, 2.24) is 10.6 Å². The molecule has 1 aromatic carbocycles. The van der Waals surface area contributed by atoms with Gasteiger partial charge in [-0.05, 0) is 50.4 Å². The van der Waals surface area contributed by atoms with E-state index in [1.165, 1.54) is 12.8 Å². The molecule has 2 N–H and O–H groups in total. The van der Waals surface area contributed by atoms with Crippen molar-refractivity contribution in [2.75, 3.05) is 33.4 Å². The quantitative estimate of drug-likeness (QED) is 0.804. The summed E-state index contributed by atoms with van der Waals surface area (Å²) in [5, 5.41) is 6.29. The SMILES string of the molecule is COc1ccccc1OCC(=O)NCCC1CCCNC1.Cl. The van der Waals surface area contributed by atoms with E-state index in [1.54, 1.807) is 13.2 Å². The molecule has 1 amide bonds. The molecule has 1 saturated heterocycles. The Balaban J connectivity index is 0.00000242. The van der Waals surface area contributed by atoms with Crippen molar-refractivity contribution in [2.24, 2.45) is 5.92 Å². The number of methoxy groups -OCH3 is 1. The van der Waals surface area contributed by atoms with Crippen molar-refractivity contribution in [3.8, 4) is 11.5 Å². The minimum absolute atomic E-state index is 0. The second kappa shape index (κ2) is 10.3. The van der Waals surface area contributed by atoms with Crippen LogP contribution in [-0.4, -0.2) is 39.3 Å². The van der Waals surface area contributed by atoms with Crippen molar-refractivity contribution >= 4 is 18.3 Å². The van der Waals surface area contributed by atoms with Crippen molar-refractivity contribution in [1.29, 1.82) is 0 Å². The Kier molecular flexibility index (Phi) is 8.70. The van der Waals surface area contributed by atoms with E-state index < -0.39 is 0 Å². The number of ether oxygens (including phenoxy) is 2. The summed E-state index contributed by atoms with van der Waals surface area (Å²) in [5.74, 6) is 1.81. The predicted octanol–water partition coefficient (Wildman–Crippen LogP) is 2.00. The van der Waals surface area contributed by atoms with Gasteiger partial charge in [-0.1, -0.05) is 12.1 Å². The Hall–Kier alpha value is -1.46. The highest BCUT2D eigenvalue weighted by molar-refractivity contribution is 5.85. The highest BCUT2D eigenvalue weighted by Gasteiger charge is 2.13. The number of benzene rings is 1. The first-order valence-electron chi connectivity index (χ1n) is 7.53. The summed E-state index contributed by atoms with van der Waals surface area (Å²) in [4.78, 5) is 11.8. The average Bonchev–Trinajstić information content (AvgIpc) is 2.54. The number of carbonyl (C=O) groups excluding carboxylic acids is 1. The lowest BCUT2D eigenvalue weighted by Gasteiger charge is -2.22. The number of para-hydroxylation sites is 2. The van der Waals surface area contributed by atoms with Crippen molar-refractivity contribution in [3.63, 3.8) is 0 Å². The molecule has 1 aliphatic heterocycles. The molecule has 0 bridgehead atoms. The van der Waals surface area contributed by atoms with Crippen LogP contribution in [0.5, 0.6) is 11.5 Å². The van der Waals surface area contributed by atoms with Gasteiger partial charge in [-0.3, -0.25) is 4.79 Å². The molecule has 0 spiro atoms. The number of hydrogen-bond acceptors (Lipinski definition) is 4. The van der Waals surface area contributed by atoms with Crippen LogP contribution < -0.4 is 20.1 Å². The van der Waals surface area contributed by atoms with Gasteiger partial charge in [0.2, 0.25) is 0 Å². The lowest BCUT2D eigenvalue weighted by Crippen LogP contribution is -2.34. The predicted molar refractivity (Wildman–Crippen MR) is 89.0 cm³/mol. The molecule has 0 saturated carbocycles. The zero-order valence-corrected chi connectivity index (χ0v) is 13.8. The Bertz CT molecular complexity index is 451. The van der Waals surface area contributed by atoms with Gasteiger partial charge < -0.3 is 20.1 Å². The zero-order valence-electron chi connectivity index (χ0n) is 13.0. The van der Waals surface area contributed by atoms with Gasteiger partial charge in [0.05, 0.1) is 7.11 Å². The molecule has 0 aliphatic carbocycles. The van der Waals surface area contributed by atoms with E-state index in [0.29, 0.717) is 24.0 Å². The number of hydrogen-bond donors (Lipinski definition) is 2. The summed E-state index contributed by atoms with van der Waals surface area (Å²) >= 11 is 0. The Morgan fingerprint density at radius 3 is 2.82 bits per heavy atom. The first-order valence-corrected chi connectivity index (χ1v) is 7.53. The molecular weight excluding hydrogens is 304 g/mol. The van der Waals surface area contributed by atoms with Gasteiger partial charge in [0.15, 0.2) is 18.1 Å². The fourth-order valence-electron chi connectivity index (χ4n) is 2.52. The van der Waals surface area contributed by atoms with Crippen molar-refractivity contribution in [2.45, 2.75) is 19.3 Å². The maximum atomic E-state index is 11.8. The molecule has 124 valence electrons. The highest BCUT2D eigenvalue weighted by atomic mass is 35.5. The van der Waals surface area contributed by atoms with Gasteiger partial charge in [0, 0.05) is 6.54 Å². The summed E-state index contributed by atoms with van der Waals surface area (Å²) in [6.07, 6.45) is 3.50. The number of halogens is 1. The monoisotopic (exact) mass is 328 g/mol. The first kappa shape index (κ1) is 18.6. The molecule has 1 fully saturated rings. The summed E-state index contributed by atoms with van der Waals surface area (Å²) < 4.78 is 10.7. The molecule has 1 heterocycles. The van der Waals surface area contributed by atoms with E-state index in [-0.39, 0.29) is 24.9 Å². The summed E-state index contributed by atoms with van der Waals surface area (Å²) in [6, 6.07) is 7.32. The number of rotatable bonds is 7. The van der Waals surface area contributed by atoms with E-state index in [1.807, 2.05) is 18.2 Å². The van der Waals surface area contributed by atoms with E-state index in [4.69, 9.17) is 9.47 Å². The molecule has 1 unspecified atom stereocenters. The van der Waals surface area contributed by atoms with Crippen LogP contribution in [0.25, 0.3) is 0 Å². The Labute approximate surface area is 138 Å². The van der Waals surface area contributed by atoms with Gasteiger partial charge in [-0.2, -0.15) is 0 Å². The molecule has 22 heavy (non-hydrogen) atoms. The van der Waals surface area contributed by atoms with E-state index in [2.05, 4.69) is 10.6 Å². The molecule has 0 radical (unpaired) electrons. The van der Waals surface area contributed by atoms with Crippen LogP contribution in [0.1, 0.15) is 19.3 Å². The fraction of sp³-hybridized carbons (Fsp3) is 0.562. The number of piperidine rings is 1. The van der Waals surface area contributed by atoms with Crippen LogP contribution in [0.3, 0.4) is 0 Å². The van der Waals surface area contributed by atoms with Crippen LogP contribution in [0, 0.1) is 5.92 Å². The van der Waals surface area contributed by atoms with Crippen molar-refractivity contribution in [3.05, 3.63) is 24.3 Å². The number of amides is 1. The van der Waals surface area contributed by atoms with Gasteiger partial charge in [-0.15, -0.1) is 12.4 Å². The maximum Gasteiger partial charge on any atom is 0.257 e. The molecule has 1 aliphatic rings. The van der Waals surface area contributed by atoms with Gasteiger partial charge in [-0.25, -0.2) is 0 Å².